The van der Waals surface area contributed by atoms with Crippen LogP contribution in [0.4, 0.5) is 8.78 Å². The normalized spacial score (nSPS) is 14.3. The van der Waals surface area contributed by atoms with E-state index in [1.807, 2.05) is 0 Å². The van der Waals surface area contributed by atoms with Gasteiger partial charge in [-0.15, -0.1) is 0 Å². The molecule has 1 atom stereocenters. The van der Waals surface area contributed by atoms with E-state index in [-0.39, 0.29) is 10.6 Å². The second-order valence-corrected chi connectivity index (χ2v) is 6.72. The number of nitrogens with zero attached hydrogens (tertiary/aromatic N) is 1. The largest absolute Gasteiger partial charge is 0.591 e. The topological polar surface area (TPSA) is 35.4 Å². The van der Waals surface area contributed by atoms with Crippen LogP contribution in [0.15, 0.2) is 16.5 Å². The number of halogens is 3. The second-order valence-electron chi connectivity index (χ2n) is 4.38. The van der Waals surface area contributed by atoms with Gasteiger partial charge in [0, 0.05) is 5.56 Å². The molecule has 0 saturated heterocycles. The van der Waals surface area contributed by atoms with E-state index in [0.717, 1.165) is 18.3 Å². The summed E-state index contributed by atoms with van der Waals surface area (Å²) >= 11 is 3.89. The van der Waals surface area contributed by atoms with Crippen molar-refractivity contribution in [2.45, 2.75) is 25.5 Å². The van der Waals surface area contributed by atoms with Crippen LogP contribution in [0.5, 0.6) is 0 Å². The monoisotopic (exact) mass is 279 g/mol. The van der Waals surface area contributed by atoms with Gasteiger partial charge in [0.05, 0.1) is 11.2 Å². The molecule has 6 heteroatoms. The molecule has 17 heavy (non-hydrogen) atoms. The summed E-state index contributed by atoms with van der Waals surface area (Å²) in [6.45, 7) is 5.21. The quantitative estimate of drug-likeness (QED) is 0.464. The van der Waals surface area contributed by atoms with Crippen LogP contribution in [-0.2, 0) is 11.4 Å². The van der Waals surface area contributed by atoms with Gasteiger partial charge in [-0.1, -0.05) is 16.0 Å². The fourth-order valence-electron chi connectivity index (χ4n) is 0.900. The predicted molar refractivity (Wildman–Crippen MR) is 66.9 cm³/mol. The van der Waals surface area contributed by atoms with E-state index in [4.69, 9.17) is 11.6 Å². The molecular formula is C11H12ClF2NOS. The van der Waals surface area contributed by atoms with Crippen LogP contribution in [-0.4, -0.2) is 15.5 Å². The zero-order valence-corrected chi connectivity index (χ0v) is 11.2. The Balaban J connectivity index is 2.96. The predicted octanol–water partition coefficient (Wildman–Crippen LogP) is 3.50. The van der Waals surface area contributed by atoms with Crippen molar-refractivity contribution in [3.8, 4) is 0 Å². The van der Waals surface area contributed by atoms with Gasteiger partial charge in [-0.05, 0) is 32.9 Å². The first-order chi connectivity index (χ1) is 7.71. The summed E-state index contributed by atoms with van der Waals surface area (Å²) in [5.74, 6) is -1.44. The van der Waals surface area contributed by atoms with E-state index < -0.39 is 27.7 Å². The van der Waals surface area contributed by atoms with Gasteiger partial charge < -0.3 is 4.55 Å². The lowest BCUT2D eigenvalue weighted by Gasteiger charge is -2.17. The molecule has 0 aliphatic carbocycles. The highest BCUT2D eigenvalue weighted by Gasteiger charge is 2.26. The van der Waals surface area contributed by atoms with Crippen LogP contribution >= 0.6 is 11.6 Å². The van der Waals surface area contributed by atoms with Crippen molar-refractivity contribution in [3.63, 3.8) is 0 Å². The molecule has 0 aliphatic rings. The molecule has 0 bridgehead atoms. The van der Waals surface area contributed by atoms with Gasteiger partial charge in [0.15, 0.2) is 0 Å². The van der Waals surface area contributed by atoms with Crippen LogP contribution in [0.3, 0.4) is 0 Å². The first-order valence-electron chi connectivity index (χ1n) is 4.82. The third kappa shape index (κ3) is 3.94. The SMILES string of the molecule is CC(C)(C)[S+]([O-])N=Cc1cc(F)c(Cl)cc1F. The summed E-state index contributed by atoms with van der Waals surface area (Å²) in [5, 5.41) is -0.295. The molecule has 0 aromatic heterocycles. The van der Waals surface area contributed by atoms with Crippen molar-refractivity contribution >= 4 is 29.2 Å². The van der Waals surface area contributed by atoms with Crippen molar-refractivity contribution in [2.24, 2.45) is 4.40 Å². The van der Waals surface area contributed by atoms with E-state index >= 15 is 0 Å². The third-order valence-electron chi connectivity index (χ3n) is 1.85. The molecule has 0 fully saturated rings. The minimum absolute atomic E-state index is 0.0792. The maximum absolute atomic E-state index is 13.3. The molecule has 0 aliphatic heterocycles. The number of benzene rings is 1. The minimum Gasteiger partial charge on any atom is -0.591 e. The molecule has 0 spiro atoms. The van der Waals surface area contributed by atoms with Crippen LogP contribution in [0.25, 0.3) is 0 Å². The van der Waals surface area contributed by atoms with E-state index in [2.05, 4.69) is 4.40 Å². The molecular weight excluding hydrogens is 268 g/mol. The van der Waals surface area contributed by atoms with Crippen molar-refractivity contribution in [1.29, 1.82) is 0 Å². The van der Waals surface area contributed by atoms with Crippen LogP contribution in [0.2, 0.25) is 5.02 Å². The Bertz CT molecular complexity index is 446. The lowest BCUT2D eigenvalue weighted by Crippen LogP contribution is -2.25. The van der Waals surface area contributed by atoms with E-state index in [1.54, 1.807) is 20.8 Å². The summed E-state index contributed by atoms with van der Waals surface area (Å²) in [5.41, 5.74) is -0.0792. The molecule has 1 unspecified atom stereocenters. The summed E-state index contributed by atoms with van der Waals surface area (Å²) in [6.07, 6.45) is 1.05. The summed E-state index contributed by atoms with van der Waals surface area (Å²) in [7, 11) is 0. The minimum atomic E-state index is -1.51. The van der Waals surface area contributed by atoms with Gasteiger partial charge in [0.25, 0.3) is 0 Å². The fourth-order valence-corrected chi connectivity index (χ4v) is 1.58. The average molecular weight is 280 g/mol. The number of hydrogen-bond donors (Lipinski definition) is 0. The Hall–Kier alpha value is -0.650. The lowest BCUT2D eigenvalue weighted by atomic mass is 10.2. The van der Waals surface area contributed by atoms with Gasteiger partial charge >= 0.3 is 0 Å². The first-order valence-corrected chi connectivity index (χ1v) is 6.31. The summed E-state index contributed by atoms with van der Waals surface area (Å²) in [6, 6.07) is 1.78. The smallest absolute Gasteiger partial charge is 0.144 e. The van der Waals surface area contributed by atoms with Gasteiger partial charge in [-0.3, -0.25) is 0 Å². The summed E-state index contributed by atoms with van der Waals surface area (Å²) < 4.78 is 41.1. The van der Waals surface area contributed by atoms with Gasteiger partial charge in [0.1, 0.15) is 27.7 Å². The maximum Gasteiger partial charge on any atom is 0.144 e. The Morgan fingerprint density at radius 3 is 2.41 bits per heavy atom. The maximum atomic E-state index is 13.3. The Kier molecular flexibility index (Phi) is 4.52. The van der Waals surface area contributed by atoms with Gasteiger partial charge in [0.2, 0.25) is 0 Å². The molecule has 1 rings (SSSR count). The van der Waals surface area contributed by atoms with Crippen LogP contribution in [0.1, 0.15) is 26.3 Å². The van der Waals surface area contributed by atoms with E-state index in [9.17, 15) is 13.3 Å². The molecule has 0 saturated carbocycles. The average Bonchev–Trinajstić information content (AvgIpc) is 2.19. The highest BCUT2D eigenvalue weighted by molar-refractivity contribution is 7.91. The molecule has 0 amide bonds. The third-order valence-corrected chi connectivity index (χ3v) is 3.49. The highest BCUT2D eigenvalue weighted by atomic mass is 35.5. The fraction of sp³-hybridized carbons (Fsp3) is 0.364. The molecule has 0 radical (unpaired) electrons. The Morgan fingerprint density at radius 2 is 1.88 bits per heavy atom. The van der Waals surface area contributed by atoms with Gasteiger partial charge in [-0.2, -0.15) is 0 Å². The van der Waals surface area contributed by atoms with Crippen molar-refractivity contribution in [2.75, 3.05) is 0 Å². The standard InChI is InChI=1S/C11H12ClF2NOS/c1-11(2,3)17(16)15-6-7-4-10(14)8(12)5-9(7)13/h4-6H,1-3H3. The van der Waals surface area contributed by atoms with Crippen molar-refractivity contribution in [3.05, 3.63) is 34.4 Å². The zero-order chi connectivity index (χ0) is 13.2. The highest BCUT2D eigenvalue weighted by Crippen LogP contribution is 2.20. The Morgan fingerprint density at radius 1 is 1.29 bits per heavy atom. The second kappa shape index (κ2) is 5.33. The lowest BCUT2D eigenvalue weighted by molar-refractivity contribution is 0.561. The van der Waals surface area contributed by atoms with Crippen LogP contribution in [0, 0.1) is 11.6 Å². The molecule has 0 heterocycles. The van der Waals surface area contributed by atoms with E-state index in [1.165, 1.54) is 0 Å². The van der Waals surface area contributed by atoms with Crippen molar-refractivity contribution in [1.82, 2.24) is 0 Å². The number of hydrogen-bond acceptors (Lipinski definition) is 2. The zero-order valence-electron chi connectivity index (χ0n) is 9.63. The first kappa shape index (κ1) is 14.4. The molecule has 94 valence electrons. The molecule has 1 aromatic rings. The van der Waals surface area contributed by atoms with Crippen LogP contribution < -0.4 is 0 Å². The summed E-state index contributed by atoms with van der Waals surface area (Å²) in [4.78, 5) is 0. The number of rotatable bonds is 2. The van der Waals surface area contributed by atoms with Gasteiger partial charge in [-0.25, -0.2) is 8.78 Å². The Labute approximate surface area is 107 Å². The molecule has 2 nitrogen and oxygen atoms in total. The molecule has 1 aromatic carbocycles. The van der Waals surface area contributed by atoms with Crippen molar-refractivity contribution < 1.29 is 13.3 Å². The molecule has 0 N–H and O–H groups in total. The van der Waals surface area contributed by atoms with E-state index in [0.29, 0.717) is 0 Å².